The molecule has 0 aromatic heterocycles. The summed E-state index contributed by atoms with van der Waals surface area (Å²) in [6.07, 6.45) is 0.991. The summed E-state index contributed by atoms with van der Waals surface area (Å²) >= 11 is 1.82. The van der Waals surface area contributed by atoms with Gasteiger partial charge < -0.3 is 4.79 Å². The van der Waals surface area contributed by atoms with Crippen LogP contribution in [0.2, 0.25) is 0 Å². The van der Waals surface area contributed by atoms with E-state index in [2.05, 4.69) is 10.6 Å². The van der Waals surface area contributed by atoms with Crippen LogP contribution in [-0.2, 0) is 4.79 Å². The van der Waals surface area contributed by atoms with Crippen molar-refractivity contribution in [1.29, 1.82) is 0 Å². The fraction of sp³-hybridized carbons (Fsp3) is 0.875. The van der Waals surface area contributed by atoms with E-state index in [9.17, 15) is 4.79 Å². The number of carbonyl (C=O) groups is 1. The average Bonchev–Trinajstić information content (AvgIpc) is 2.51. The Morgan fingerprint density at radius 2 is 2.42 bits per heavy atom. The lowest BCUT2D eigenvalue weighted by Crippen LogP contribution is -2.45. The van der Waals surface area contributed by atoms with Gasteiger partial charge in [0, 0.05) is 12.3 Å². The van der Waals surface area contributed by atoms with Gasteiger partial charge in [0.05, 0.1) is 6.04 Å². The molecule has 0 saturated carbocycles. The van der Waals surface area contributed by atoms with Gasteiger partial charge in [0.25, 0.3) is 0 Å². The van der Waals surface area contributed by atoms with Crippen LogP contribution in [0.15, 0.2) is 0 Å². The topological polar surface area (TPSA) is 41.1 Å². The maximum Gasteiger partial charge on any atom is 0.137 e. The minimum Gasteiger partial charge on any atom is -0.302 e. The Morgan fingerprint density at radius 1 is 1.67 bits per heavy atom. The summed E-state index contributed by atoms with van der Waals surface area (Å²) < 4.78 is 0. The predicted octanol–water partition coefficient (Wildman–Crippen LogP) is 0.420. The van der Waals surface area contributed by atoms with E-state index >= 15 is 0 Å². The van der Waals surface area contributed by atoms with Crippen LogP contribution in [0.3, 0.4) is 0 Å². The number of hydrogen-bond donors (Lipinski definition) is 2. The summed E-state index contributed by atoms with van der Waals surface area (Å²) in [5.74, 6) is 1.49. The molecule has 2 unspecified atom stereocenters. The third-order valence-corrected chi connectivity index (χ3v) is 3.00. The maximum absolute atomic E-state index is 10.6. The van der Waals surface area contributed by atoms with Crippen LogP contribution in [0.5, 0.6) is 0 Å². The molecule has 0 bridgehead atoms. The van der Waals surface area contributed by atoms with E-state index in [0.29, 0.717) is 5.92 Å². The van der Waals surface area contributed by atoms with E-state index in [1.807, 2.05) is 25.6 Å². The zero-order valence-electron chi connectivity index (χ0n) is 7.54. The summed E-state index contributed by atoms with van der Waals surface area (Å²) in [6, 6.07) is -0.0203. The number of hydrogen-bond acceptors (Lipinski definition) is 4. The maximum atomic E-state index is 10.6. The molecule has 12 heavy (non-hydrogen) atoms. The van der Waals surface area contributed by atoms with Gasteiger partial charge in [-0.05, 0) is 5.92 Å². The van der Waals surface area contributed by atoms with Crippen molar-refractivity contribution in [2.45, 2.75) is 25.4 Å². The molecular formula is C8H16N2OS. The number of thioether (sulfide) groups is 1. The summed E-state index contributed by atoms with van der Waals surface area (Å²) in [7, 11) is 0. The van der Waals surface area contributed by atoms with E-state index in [1.54, 1.807) is 0 Å². The predicted molar refractivity (Wildman–Crippen MR) is 52.1 cm³/mol. The summed E-state index contributed by atoms with van der Waals surface area (Å²) in [6.45, 7) is 5.13. The van der Waals surface area contributed by atoms with Crippen molar-refractivity contribution in [3.63, 3.8) is 0 Å². The Morgan fingerprint density at radius 3 is 2.83 bits per heavy atom. The first-order valence-electron chi connectivity index (χ1n) is 4.30. The van der Waals surface area contributed by atoms with Crippen LogP contribution in [0.4, 0.5) is 0 Å². The molecule has 1 rings (SSSR count). The highest BCUT2D eigenvalue weighted by Gasteiger charge is 2.20. The molecule has 4 heteroatoms. The quantitative estimate of drug-likeness (QED) is 0.627. The minimum absolute atomic E-state index is 0.0203. The van der Waals surface area contributed by atoms with E-state index in [-0.39, 0.29) is 11.5 Å². The number of carbonyl (C=O) groups excluding carboxylic acids is 1. The molecule has 2 atom stereocenters. The number of rotatable bonds is 4. The van der Waals surface area contributed by atoms with Gasteiger partial charge in [-0.2, -0.15) is 0 Å². The highest BCUT2D eigenvalue weighted by Crippen LogP contribution is 2.12. The van der Waals surface area contributed by atoms with Crippen molar-refractivity contribution in [2.75, 3.05) is 12.3 Å². The zero-order valence-corrected chi connectivity index (χ0v) is 8.36. The fourth-order valence-corrected chi connectivity index (χ4v) is 2.06. The standard InChI is InChI=1S/C8H16N2OS/c1-6(2)7(5-11)10-8-9-3-4-12-8/h5-10H,3-4H2,1-2H3. The second-order valence-corrected chi connectivity index (χ2v) is 4.49. The zero-order chi connectivity index (χ0) is 8.97. The van der Waals surface area contributed by atoms with Crippen LogP contribution >= 0.6 is 11.8 Å². The van der Waals surface area contributed by atoms with Crippen LogP contribution < -0.4 is 10.6 Å². The van der Waals surface area contributed by atoms with Gasteiger partial charge in [-0.25, -0.2) is 0 Å². The summed E-state index contributed by atoms with van der Waals surface area (Å²) in [5, 5.41) is 6.52. The van der Waals surface area contributed by atoms with Crippen LogP contribution in [-0.4, -0.2) is 30.1 Å². The molecule has 1 aliphatic heterocycles. The first-order valence-corrected chi connectivity index (χ1v) is 5.35. The normalized spacial score (nSPS) is 26.1. The van der Waals surface area contributed by atoms with Gasteiger partial charge in [0.1, 0.15) is 11.8 Å². The molecule has 3 nitrogen and oxygen atoms in total. The van der Waals surface area contributed by atoms with E-state index in [0.717, 1.165) is 18.6 Å². The van der Waals surface area contributed by atoms with Gasteiger partial charge >= 0.3 is 0 Å². The highest BCUT2D eigenvalue weighted by molar-refractivity contribution is 8.00. The van der Waals surface area contributed by atoms with Gasteiger partial charge in [-0.15, -0.1) is 11.8 Å². The van der Waals surface area contributed by atoms with Crippen molar-refractivity contribution in [3.05, 3.63) is 0 Å². The summed E-state index contributed by atoms with van der Waals surface area (Å²) in [5.41, 5.74) is 0.266. The van der Waals surface area contributed by atoms with Crippen molar-refractivity contribution in [1.82, 2.24) is 10.6 Å². The molecule has 1 saturated heterocycles. The van der Waals surface area contributed by atoms with E-state index in [1.165, 1.54) is 0 Å². The first kappa shape index (κ1) is 10.0. The fourth-order valence-electron chi connectivity index (χ4n) is 1.10. The third-order valence-electron chi connectivity index (χ3n) is 1.92. The van der Waals surface area contributed by atoms with Crippen LogP contribution in [0.25, 0.3) is 0 Å². The monoisotopic (exact) mass is 188 g/mol. The first-order chi connectivity index (χ1) is 5.74. The van der Waals surface area contributed by atoms with Crippen LogP contribution in [0.1, 0.15) is 13.8 Å². The molecule has 70 valence electrons. The Labute approximate surface area is 77.7 Å². The Hall–Kier alpha value is -0.0600. The van der Waals surface area contributed by atoms with Crippen molar-refractivity contribution in [3.8, 4) is 0 Å². The Bertz CT molecular complexity index is 146. The molecule has 0 spiro atoms. The SMILES string of the molecule is CC(C)C(C=O)NC1NCCS1. The number of nitrogens with one attached hydrogen (secondary N) is 2. The molecule has 0 radical (unpaired) electrons. The van der Waals surface area contributed by atoms with Crippen molar-refractivity contribution >= 4 is 18.0 Å². The highest BCUT2D eigenvalue weighted by atomic mass is 32.2. The summed E-state index contributed by atoms with van der Waals surface area (Å²) in [4.78, 5) is 10.6. The van der Waals surface area contributed by atoms with Crippen molar-refractivity contribution in [2.24, 2.45) is 5.92 Å². The second-order valence-electron chi connectivity index (χ2n) is 3.28. The lowest BCUT2D eigenvalue weighted by Gasteiger charge is -2.20. The second kappa shape index (κ2) is 4.84. The molecule has 1 heterocycles. The molecule has 2 N–H and O–H groups in total. The van der Waals surface area contributed by atoms with Gasteiger partial charge in [0.2, 0.25) is 0 Å². The Balaban J connectivity index is 2.30. The average molecular weight is 188 g/mol. The third kappa shape index (κ3) is 2.77. The van der Waals surface area contributed by atoms with Gasteiger partial charge in [-0.3, -0.25) is 10.6 Å². The lowest BCUT2D eigenvalue weighted by molar-refractivity contribution is -0.110. The molecule has 1 fully saturated rings. The molecule has 0 aromatic rings. The molecular weight excluding hydrogens is 172 g/mol. The largest absolute Gasteiger partial charge is 0.302 e. The van der Waals surface area contributed by atoms with Crippen molar-refractivity contribution < 1.29 is 4.79 Å². The molecule has 0 aromatic carbocycles. The number of aldehydes is 1. The molecule has 0 amide bonds. The van der Waals surface area contributed by atoms with Gasteiger partial charge in [-0.1, -0.05) is 13.8 Å². The Kier molecular flexibility index (Phi) is 4.05. The van der Waals surface area contributed by atoms with E-state index < -0.39 is 0 Å². The minimum atomic E-state index is -0.0203. The lowest BCUT2D eigenvalue weighted by atomic mass is 10.1. The molecule has 1 aliphatic rings. The van der Waals surface area contributed by atoms with E-state index in [4.69, 9.17) is 0 Å². The van der Waals surface area contributed by atoms with Gasteiger partial charge in [0.15, 0.2) is 0 Å². The molecule has 0 aliphatic carbocycles. The van der Waals surface area contributed by atoms with Crippen LogP contribution in [0, 0.1) is 5.92 Å². The smallest absolute Gasteiger partial charge is 0.137 e.